The van der Waals surface area contributed by atoms with Crippen molar-refractivity contribution in [1.29, 1.82) is 0 Å². The van der Waals surface area contributed by atoms with Gasteiger partial charge in [0.05, 0.1) is 6.26 Å². The molecule has 0 unspecified atom stereocenters. The van der Waals surface area contributed by atoms with E-state index in [0.717, 1.165) is 31.9 Å². The molecule has 0 radical (unpaired) electrons. The lowest BCUT2D eigenvalue weighted by atomic mass is 10.1. The minimum absolute atomic E-state index is 0. The Labute approximate surface area is 153 Å². The Balaban J connectivity index is 0. The van der Waals surface area contributed by atoms with Crippen LogP contribution in [0.2, 0.25) is 0 Å². The van der Waals surface area contributed by atoms with Crippen LogP contribution >= 0.6 is 24.0 Å². The highest BCUT2D eigenvalue weighted by molar-refractivity contribution is 14.0. The number of aliphatic imine (C=N–C) groups is 1. The summed E-state index contributed by atoms with van der Waals surface area (Å²) in [6, 6.07) is 0. The average molecular weight is 448 g/mol. The van der Waals surface area contributed by atoms with Crippen molar-refractivity contribution < 1.29 is 8.42 Å². The number of nitrogens with zero attached hydrogens (tertiary/aromatic N) is 2. The largest absolute Gasteiger partial charge is 0.357 e. The smallest absolute Gasteiger partial charge is 0.211 e. The van der Waals surface area contributed by atoms with Gasteiger partial charge in [0.25, 0.3) is 0 Å². The molecule has 2 N–H and O–H groups in total. The maximum atomic E-state index is 11.5. The number of hydrogen-bond donors (Lipinski definition) is 2. The predicted octanol–water partition coefficient (Wildman–Crippen LogP) is 1.88. The molecular weight excluding hydrogens is 415 g/mol. The molecule has 0 aliphatic carbocycles. The lowest BCUT2D eigenvalue weighted by Crippen LogP contribution is -2.38. The van der Waals surface area contributed by atoms with E-state index in [1.807, 2.05) is 13.8 Å². The molecule has 0 fully saturated rings. The lowest BCUT2D eigenvalue weighted by Gasteiger charge is -2.17. The van der Waals surface area contributed by atoms with Crippen LogP contribution in [0.3, 0.4) is 0 Å². The first kappa shape index (κ1) is 24.2. The zero-order valence-corrected chi connectivity index (χ0v) is 17.7. The van der Waals surface area contributed by atoms with Crippen LogP contribution in [0.5, 0.6) is 0 Å². The molecule has 0 atom stereocenters. The van der Waals surface area contributed by atoms with Crippen LogP contribution in [0.4, 0.5) is 0 Å². The highest BCUT2D eigenvalue weighted by Gasteiger charge is 2.12. The van der Waals surface area contributed by atoms with Crippen LogP contribution in [-0.4, -0.2) is 57.7 Å². The fourth-order valence-corrected chi connectivity index (χ4v) is 2.75. The highest BCUT2D eigenvalue weighted by Crippen LogP contribution is 1.99. The summed E-state index contributed by atoms with van der Waals surface area (Å²) in [5, 5.41) is 6.49. The molecule has 0 aliphatic heterocycles. The molecule has 0 rings (SSSR count). The van der Waals surface area contributed by atoms with Gasteiger partial charge in [0, 0.05) is 32.7 Å². The van der Waals surface area contributed by atoms with E-state index in [9.17, 15) is 8.42 Å². The predicted molar refractivity (Wildman–Crippen MR) is 106 cm³/mol. The second kappa shape index (κ2) is 13.4. The normalized spacial score (nSPS) is 12.4. The number of nitrogens with one attached hydrogen (secondary N) is 2. The van der Waals surface area contributed by atoms with Gasteiger partial charge in [-0.25, -0.2) is 12.7 Å². The molecule has 0 aromatic carbocycles. The van der Waals surface area contributed by atoms with E-state index < -0.39 is 10.0 Å². The number of rotatable bonds is 10. The SMILES string of the molecule is CCNC(=NCCCN(CC)S(C)(=O)=O)NCCC(C)C.I. The van der Waals surface area contributed by atoms with Gasteiger partial charge in [0.2, 0.25) is 10.0 Å². The van der Waals surface area contributed by atoms with Crippen molar-refractivity contribution in [3.8, 4) is 0 Å². The number of guanidine groups is 1. The Hall–Kier alpha value is -0.0900. The summed E-state index contributed by atoms with van der Waals surface area (Å²) in [6.45, 7) is 11.6. The standard InChI is InChI=1S/C14H32N4O2S.HI/c1-6-15-14(17-11-9-13(3)4)16-10-8-12-18(7-2)21(5,19)20;/h13H,6-12H2,1-5H3,(H2,15,16,17);1H. The van der Waals surface area contributed by atoms with E-state index in [1.165, 1.54) is 10.6 Å². The summed E-state index contributed by atoms with van der Waals surface area (Å²) in [6.07, 6.45) is 3.07. The van der Waals surface area contributed by atoms with Crippen molar-refractivity contribution in [2.75, 3.05) is 39.0 Å². The molecule has 0 saturated heterocycles. The van der Waals surface area contributed by atoms with Gasteiger partial charge in [0.15, 0.2) is 5.96 Å². The van der Waals surface area contributed by atoms with Crippen LogP contribution in [0.1, 0.15) is 40.5 Å². The van der Waals surface area contributed by atoms with Crippen molar-refractivity contribution in [2.24, 2.45) is 10.9 Å². The molecule has 0 aliphatic rings. The molecule has 22 heavy (non-hydrogen) atoms. The Morgan fingerprint density at radius 1 is 1.23 bits per heavy atom. The van der Waals surface area contributed by atoms with Gasteiger partial charge in [-0.1, -0.05) is 20.8 Å². The third-order valence-electron chi connectivity index (χ3n) is 3.02. The third-order valence-corrected chi connectivity index (χ3v) is 4.39. The third kappa shape index (κ3) is 12.5. The van der Waals surface area contributed by atoms with Gasteiger partial charge in [-0.2, -0.15) is 0 Å². The zero-order valence-electron chi connectivity index (χ0n) is 14.6. The van der Waals surface area contributed by atoms with Crippen molar-refractivity contribution >= 4 is 40.0 Å². The van der Waals surface area contributed by atoms with Crippen molar-refractivity contribution in [1.82, 2.24) is 14.9 Å². The van der Waals surface area contributed by atoms with Gasteiger partial charge in [-0.05, 0) is 25.7 Å². The topological polar surface area (TPSA) is 73.8 Å². The monoisotopic (exact) mass is 448 g/mol. The number of hydrogen-bond acceptors (Lipinski definition) is 3. The molecular formula is C14H33IN4O2S. The van der Waals surface area contributed by atoms with Crippen molar-refractivity contribution in [3.63, 3.8) is 0 Å². The molecule has 134 valence electrons. The van der Waals surface area contributed by atoms with Gasteiger partial charge < -0.3 is 10.6 Å². The fraction of sp³-hybridized carbons (Fsp3) is 0.929. The molecule has 0 heterocycles. The van der Waals surface area contributed by atoms with Gasteiger partial charge >= 0.3 is 0 Å². The van der Waals surface area contributed by atoms with E-state index in [4.69, 9.17) is 0 Å². The summed E-state index contributed by atoms with van der Waals surface area (Å²) >= 11 is 0. The van der Waals surface area contributed by atoms with Crippen molar-refractivity contribution in [2.45, 2.75) is 40.5 Å². The average Bonchev–Trinajstić information content (AvgIpc) is 2.36. The quantitative estimate of drug-likeness (QED) is 0.232. The van der Waals surface area contributed by atoms with E-state index in [2.05, 4.69) is 29.5 Å². The summed E-state index contributed by atoms with van der Waals surface area (Å²) in [5.74, 6) is 1.47. The molecule has 0 amide bonds. The summed E-state index contributed by atoms with van der Waals surface area (Å²) in [7, 11) is -3.10. The van der Waals surface area contributed by atoms with Crippen LogP contribution in [0.15, 0.2) is 4.99 Å². The van der Waals surface area contributed by atoms with Crippen LogP contribution < -0.4 is 10.6 Å². The lowest BCUT2D eigenvalue weighted by molar-refractivity contribution is 0.427. The molecule has 8 heteroatoms. The molecule has 0 spiro atoms. The molecule has 0 aromatic heterocycles. The Morgan fingerprint density at radius 2 is 1.86 bits per heavy atom. The second-order valence-corrected chi connectivity index (χ2v) is 7.46. The fourth-order valence-electron chi connectivity index (χ4n) is 1.82. The van der Waals surface area contributed by atoms with Crippen molar-refractivity contribution in [3.05, 3.63) is 0 Å². The first-order valence-electron chi connectivity index (χ1n) is 7.78. The van der Waals surface area contributed by atoms with E-state index >= 15 is 0 Å². The molecule has 0 bridgehead atoms. The minimum atomic E-state index is -3.10. The Kier molecular flexibility index (Phi) is 14.7. The van der Waals surface area contributed by atoms with Gasteiger partial charge in [-0.15, -0.1) is 24.0 Å². The maximum absolute atomic E-state index is 11.5. The number of halogens is 1. The van der Waals surface area contributed by atoms with E-state index in [0.29, 0.717) is 25.6 Å². The minimum Gasteiger partial charge on any atom is -0.357 e. The molecule has 0 aromatic rings. The summed E-state index contributed by atoms with van der Waals surface area (Å²) in [4.78, 5) is 4.47. The van der Waals surface area contributed by atoms with Crippen LogP contribution in [0.25, 0.3) is 0 Å². The maximum Gasteiger partial charge on any atom is 0.211 e. The van der Waals surface area contributed by atoms with Gasteiger partial charge in [0.1, 0.15) is 0 Å². The zero-order chi connectivity index (χ0) is 16.3. The first-order valence-corrected chi connectivity index (χ1v) is 9.63. The summed E-state index contributed by atoms with van der Waals surface area (Å²) < 4.78 is 24.4. The number of sulfonamides is 1. The second-order valence-electron chi connectivity index (χ2n) is 5.48. The Bertz CT molecular complexity index is 400. The summed E-state index contributed by atoms with van der Waals surface area (Å²) in [5.41, 5.74) is 0. The molecule has 6 nitrogen and oxygen atoms in total. The van der Waals surface area contributed by atoms with E-state index in [-0.39, 0.29) is 24.0 Å². The highest BCUT2D eigenvalue weighted by atomic mass is 127. The molecule has 0 saturated carbocycles. The van der Waals surface area contributed by atoms with Crippen LogP contribution in [0, 0.1) is 5.92 Å². The first-order chi connectivity index (χ1) is 9.81. The van der Waals surface area contributed by atoms with Crippen LogP contribution in [-0.2, 0) is 10.0 Å². The Morgan fingerprint density at radius 3 is 2.32 bits per heavy atom. The van der Waals surface area contributed by atoms with E-state index in [1.54, 1.807) is 0 Å². The van der Waals surface area contributed by atoms with Gasteiger partial charge in [-0.3, -0.25) is 4.99 Å².